The van der Waals surface area contributed by atoms with E-state index in [0.717, 1.165) is 19.6 Å². The first kappa shape index (κ1) is 20.6. The highest BCUT2D eigenvalue weighted by Crippen LogP contribution is 2.22. The number of nitrogens with zero attached hydrogens (tertiary/aromatic N) is 2. The molecule has 1 heterocycles. The summed E-state index contributed by atoms with van der Waals surface area (Å²) >= 11 is 1.83. The fourth-order valence-electron chi connectivity index (χ4n) is 2.82. The number of aliphatic imine (C=N–C) groups is 1. The molecule has 23 heavy (non-hydrogen) atoms. The second kappa shape index (κ2) is 11.1. The van der Waals surface area contributed by atoms with Gasteiger partial charge in [0.1, 0.15) is 0 Å². The van der Waals surface area contributed by atoms with Gasteiger partial charge in [-0.05, 0) is 38.1 Å². The molecule has 2 rings (SSSR count). The first-order chi connectivity index (χ1) is 10.7. The van der Waals surface area contributed by atoms with E-state index in [2.05, 4.69) is 53.3 Å². The molecular formula is C17H29IN4S. The van der Waals surface area contributed by atoms with Crippen LogP contribution in [-0.2, 0) is 0 Å². The normalized spacial score (nSPS) is 20.1. The summed E-state index contributed by atoms with van der Waals surface area (Å²) in [6.45, 7) is 8.38. The van der Waals surface area contributed by atoms with Crippen LogP contribution in [0.2, 0.25) is 0 Å². The van der Waals surface area contributed by atoms with Crippen LogP contribution in [0.1, 0.15) is 26.7 Å². The quantitative estimate of drug-likeness (QED) is 0.291. The fraction of sp³-hybridized carbons (Fsp3) is 0.588. The third kappa shape index (κ3) is 7.30. The Morgan fingerprint density at radius 3 is 2.87 bits per heavy atom. The minimum absolute atomic E-state index is 0. The molecule has 0 saturated carbocycles. The van der Waals surface area contributed by atoms with E-state index in [4.69, 9.17) is 5.73 Å². The van der Waals surface area contributed by atoms with Gasteiger partial charge in [-0.2, -0.15) is 0 Å². The number of thioether (sulfide) groups is 1. The van der Waals surface area contributed by atoms with Gasteiger partial charge in [0.05, 0.1) is 6.54 Å². The molecule has 1 aromatic rings. The third-order valence-corrected chi connectivity index (χ3v) is 5.12. The number of nitrogens with two attached hydrogens (primary N) is 1. The van der Waals surface area contributed by atoms with E-state index in [-0.39, 0.29) is 24.0 Å². The standard InChI is InChI=1S/C17H28N4S.HI/c1-3-21-11-7-8-15(21)13-20-17(18)19-12-14(2)22-16-9-5-4-6-10-16;/h4-6,9-10,14-15H,3,7-8,11-13H2,1-2H3,(H3,18,19,20);1H. The van der Waals surface area contributed by atoms with Gasteiger partial charge in [-0.1, -0.05) is 32.0 Å². The molecule has 1 aromatic carbocycles. The van der Waals surface area contributed by atoms with Gasteiger partial charge in [-0.3, -0.25) is 9.89 Å². The summed E-state index contributed by atoms with van der Waals surface area (Å²) in [7, 11) is 0. The van der Waals surface area contributed by atoms with Crippen LogP contribution in [0.15, 0.2) is 40.2 Å². The molecule has 4 nitrogen and oxygen atoms in total. The first-order valence-electron chi connectivity index (χ1n) is 8.18. The Bertz CT molecular complexity index is 469. The van der Waals surface area contributed by atoms with Crippen molar-refractivity contribution in [2.24, 2.45) is 10.7 Å². The molecule has 0 aromatic heterocycles. The average Bonchev–Trinajstić information content (AvgIpc) is 2.99. The van der Waals surface area contributed by atoms with E-state index < -0.39 is 0 Å². The smallest absolute Gasteiger partial charge is 0.188 e. The molecule has 2 atom stereocenters. The molecule has 6 heteroatoms. The van der Waals surface area contributed by atoms with E-state index in [1.807, 2.05) is 17.8 Å². The summed E-state index contributed by atoms with van der Waals surface area (Å²) in [6.07, 6.45) is 2.55. The lowest BCUT2D eigenvalue weighted by molar-refractivity contribution is 0.267. The number of hydrogen-bond acceptors (Lipinski definition) is 3. The monoisotopic (exact) mass is 448 g/mol. The topological polar surface area (TPSA) is 53.6 Å². The van der Waals surface area contributed by atoms with Crippen molar-refractivity contribution in [1.82, 2.24) is 10.2 Å². The van der Waals surface area contributed by atoms with Crippen molar-refractivity contribution in [3.63, 3.8) is 0 Å². The Kier molecular flexibility index (Phi) is 9.97. The lowest BCUT2D eigenvalue weighted by Gasteiger charge is -2.23. The summed E-state index contributed by atoms with van der Waals surface area (Å²) in [4.78, 5) is 8.26. The van der Waals surface area contributed by atoms with Gasteiger partial charge >= 0.3 is 0 Å². The highest BCUT2D eigenvalue weighted by molar-refractivity contribution is 14.0. The van der Waals surface area contributed by atoms with Crippen LogP contribution in [0.25, 0.3) is 0 Å². The molecule has 2 unspecified atom stereocenters. The Morgan fingerprint density at radius 1 is 1.43 bits per heavy atom. The third-order valence-electron chi connectivity index (χ3n) is 4.02. The van der Waals surface area contributed by atoms with Crippen LogP contribution in [0.3, 0.4) is 0 Å². The number of benzene rings is 1. The number of halogens is 1. The summed E-state index contributed by atoms with van der Waals surface area (Å²) in [5.41, 5.74) is 5.99. The molecule has 130 valence electrons. The predicted octanol–water partition coefficient (Wildman–Crippen LogP) is 3.17. The summed E-state index contributed by atoms with van der Waals surface area (Å²) in [5.74, 6) is 0.573. The summed E-state index contributed by atoms with van der Waals surface area (Å²) < 4.78 is 0. The number of hydrogen-bond donors (Lipinski definition) is 2. The fourth-order valence-corrected chi connectivity index (χ4v) is 3.74. The highest BCUT2D eigenvalue weighted by atomic mass is 127. The summed E-state index contributed by atoms with van der Waals surface area (Å²) in [6, 6.07) is 11.0. The van der Waals surface area contributed by atoms with Crippen molar-refractivity contribution < 1.29 is 0 Å². The first-order valence-corrected chi connectivity index (χ1v) is 9.06. The van der Waals surface area contributed by atoms with Gasteiger partial charge in [0.2, 0.25) is 0 Å². The number of nitrogens with one attached hydrogen (secondary N) is 1. The zero-order valence-corrected chi connectivity index (χ0v) is 17.2. The van der Waals surface area contributed by atoms with Crippen LogP contribution in [0.5, 0.6) is 0 Å². The van der Waals surface area contributed by atoms with Gasteiger partial charge in [0.15, 0.2) is 5.96 Å². The van der Waals surface area contributed by atoms with Crippen LogP contribution < -0.4 is 11.1 Å². The SMILES string of the molecule is CCN1CCCC1CNC(N)=NCC(C)Sc1ccccc1.I. The molecule has 0 spiro atoms. The van der Waals surface area contributed by atoms with Crippen molar-refractivity contribution in [3.8, 4) is 0 Å². The Hall–Kier alpha value is -0.470. The lowest BCUT2D eigenvalue weighted by atomic mass is 10.2. The van der Waals surface area contributed by atoms with Crippen molar-refractivity contribution in [3.05, 3.63) is 30.3 Å². The largest absolute Gasteiger partial charge is 0.370 e. The zero-order valence-electron chi connectivity index (χ0n) is 14.1. The zero-order chi connectivity index (χ0) is 15.8. The maximum atomic E-state index is 5.99. The molecular weight excluding hydrogens is 419 g/mol. The van der Waals surface area contributed by atoms with Crippen molar-refractivity contribution in [2.45, 2.75) is 42.9 Å². The van der Waals surface area contributed by atoms with Crippen LogP contribution in [0, 0.1) is 0 Å². The van der Waals surface area contributed by atoms with E-state index >= 15 is 0 Å². The van der Waals surface area contributed by atoms with Gasteiger partial charge in [-0.25, -0.2) is 0 Å². The van der Waals surface area contributed by atoms with Gasteiger partial charge in [0.25, 0.3) is 0 Å². The highest BCUT2D eigenvalue weighted by Gasteiger charge is 2.22. The minimum atomic E-state index is 0. The molecule has 1 aliphatic heterocycles. The van der Waals surface area contributed by atoms with E-state index in [9.17, 15) is 0 Å². The number of rotatable bonds is 7. The Balaban J connectivity index is 0.00000264. The molecule has 1 aliphatic rings. The molecule has 0 aliphatic carbocycles. The number of likely N-dealkylation sites (tertiary alicyclic amines) is 1. The van der Waals surface area contributed by atoms with Gasteiger partial charge in [-0.15, -0.1) is 35.7 Å². The van der Waals surface area contributed by atoms with Crippen molar-refractivity contribution >= 4 is 41.7 Å². The molecule has 3 N–H and O–H groups in total. The van der Waals surface area contributed by atoms with E-state index in [0.29, 0.717) is 17.3 Å². The molecule has 1 fully saturated rings. The maximum absolute atomic E-state index is 5.99. The second-order valence-corrected chi connectivity index (χ2v) is 7.28. The summed E-state index contributed by atoms with van der Waals surface area (Å²) in [5, 5.41) is 3.70. The van der Waals surface area contributed by atoms with Crippen molar-refractivity contribution in [2.75, 3.05) is 26.2 Å². The maximum Gasteiger partial charge on any atom is 0.188 e. The van der Waals surface area contributed by atoms with Gasteiger partial charge < -0.3 is 11.1 Å². The van der Waals surface area contributed by atoms with Crippen LogP contribution >= 0.6 is 35.7 Å². The Labute approximate surface area is 161 Å². The van der Waals surface area contributed by atoms with Crippen molar-refractivity contribution in [1.29, 1.82) is 0 Å². The molecule has 0 bridgehead atoms. The predicted molar refractivity (Wildman–Crippen MR) is 112 cm³/mol. The van der Waals surface area contributed by atoms with Crippen LogP contribution in [0.4, 0.5) is 0 Å². The number of likely N-dealkylation sites (N-methyl/N-ethyl adjacent to an activating group) is 1. The van der Waals surface area contributed by atoms with E-state index in [1.54, 1.807) is 0 Å². The second-order valence-electron chi connectivity index (χ2n) is 5.77. The lowest BCUT2D eigenvalue weighted by Crippen LogP contribution is -2.42. The number of guanidine groups is 1. The van der Waals surface area contributed by atoms with E-state index in [1.165, 1.54) is 24.3 Å². The average molecular weight is 448 g/mol. The van der Waals surface area contributed by atoms with Crippen LogP contribution in [-0.4, -0.2) is 48.3 Å². The van der Waals surface area contributed by atoms with Gasteiger partial charge in [0, 0.05) is 22.7 Å². The Morgan fingerprint density at radius 2 is 2.17 bits per heavy atom. The minimum Gasteiger partial charge on any atom is -0.370 e. The molecule has 0 amide bonds. The molecule has 0 radical (unpaired) electrons. The molecule has 1 saturated heterocycles.